The van der Waals surface area contributed by atoms with Crippen molar-refractivity contribution in [3.05, 3.63) is 52.0 Å². The first-order chi connectivity index (χ1) is 8.15. The lowest BCUT2D eigenvalue weighted by atomic mass is 10.3. The number of hydrogen-bond donors (Lipinski definition) is 0. The minimum atomic E-state index is 0.241. The zero-order valence-corrected chi connectivity index (χ0v) is 10.7. The van der Waals surface area contributed by atoms with Gasteiger partial charge in [0.25, 0.3) is 0 Å². The molecule has 1 heterocycles. The van der Waals surface area contributed by atoms with E-state index in [1.807, 2.05) is 19.1 Å². The molecule has 0 aliphatic rings. The van der Waals surface area contributed by atoms with Crippen LogP contribution in [0.2, 0.25) is 10.2 Å². The van der Waals surface area contributed by atoms with Gasteiger partial charge in [-0.3, -0.25) is 0 Å². The maximum absolute atomic E-state index is 5.96. The molecule has 0 fully saturated rings. The lowest BCUT2D eigenvalue weighted by Crippen LogP contribution is -2.03. The third-order valence-corrected chi connectivity index (χ3v) is 2.57. The van der Waals surface area contributed by atoms with Crippen molar-refractivity contribution in [2.24, 2.45) is 0 Å². The number of rotatable bonds is 3. The van der Waals surface area contributed by atoms with Gasteiger partial charge in [-0.1, -0.05) is 35.3 Å². The summed E-state index contributed by atoms with van der Waals surface area (Å²) >= 11 is 11.8. The quantitative estimate of drug-likeness (QED) is 0.797. The second-order valence-electron chi connectivity index (χ2n) is 3.47. The number of nitrogens with zero attached hydrogens (tertiary/aromatic N) is 2. The van der Waals surface area contributed by atoms with Crippen molar-refractivity contribution in [2.45, 2.75) is 13.5 Å². The molecule has 0 N–H and O–H groups in total. The first kappa shape index (κ1) is 12.1. The molecular formula is C12H10Cl2N2O. The van der Waals surface area contributed by atoms with Gasteiger partial charge in [0.05, 0.1) is 5.02 Å². The van der Waals surface area contributed by atoms with Crippen LogP contribution in [0.25, 0.3) is 0 Å². The number of aromatic nitrogens is 2. The summed E-state index contributed by atoms with van der Waals surface area (Å²) in [5.74, 6) is 1.14. The monoisotopic (exact) mass is 268 g/mol. The zero-order chi connectivity index (χ0) is 12.3. The summed E-state index contributed by atoms with van der Waals surface area (Å²) in [5.41, 5.74) is 0.808. The van der Waals surface area contributed by atoms with Crippen molar-refractivity contribution >= 4 is 23.2 Å². The highest BCUT2D eigenvalue weighted by molar-refractivity contribution is 6.32. The van der Waals surface area contributed by atoms with Crippen molar-refractivity contribution in [3.63, 3.8) is 0 Å². The van der Waals surface area contributed by atoms with Crippen molar-refractivity contribution in [1.82, 2.24) is 9.97 Å². The summed E-state index contributed by atoms with van der Waals surface area (Å²) in [7, 11) is 0. The van der Waals surface area contributed by atoms with E-state index < -0.39 is 0 Å². The van der Waals surface area contributed by atoms with E-state index in [-0.39, 0.29) is 6.61 Å². The Kier molecular flexibility index (Phi) is 3.82. The molecule has 0 unspecified atom stereocenters. The van der Waals surface area contributed by atoms with Crippen LogP contribution in [-0.2, 0) is 6.61 Å². The highest BCUT2D eigenvalue weighted by Crippen LogP contribution is 2.23. The Morgan fingerprint density at radius 1 is 1.18 bits per heavy atom. The van der Waals surface area contributed by atoms with Crippen LogP contribution >= 0.6 is 23.2 Å². The van der Waals surface area contributed by atoms with Gasteiger partial charge in [-0.25, -0.2) is 9.97 Å². The van der Waals surface area contributed by atoms with E-state index >= 15 is 0 Å². The minimum absolute atomic E-state index is 0.241. The van der Waals surface area contributed by atoms with Gasteiger partial charge in [0, 0.05) is 5.69 Å². The lowest BCUT2D eigenvalue weighted by molar-refractivity contribution is 0.295. The molecule has 5 heteroatoms. The third kappa shape index (κ3) is 3.32. The molecule has 3 nitrogen and oxygen atoms in total. The van der Waals surface area contributed by atoms with Crippen LogP contribution in [0.3, 0.4) is 0 Å². The van der Waals surface area contributed by atoms with Crippen molar-refractivity contribution < 1.29 is 4.74 Å². The smallest absolute Gasteiger partial charge is 0.167 e. The van der Waals surface area contributed by atoms with Gasteiger partial charge in [-0.15, -0.1) is 0 Å². The van der Waals surface area contributed by atoms with E-state index in [4.69, 9.17) is 27.9 Å². The van der Waals surface area contributed by atoms with Gasteiger partial charge >= 0.3 is 0 Å². The van der Waals surface area contributed by atoms with Crippen molar-refractivity contribution in [1.29, 1.82) is 0 Å². The molecule has 17 heavy (non-hydrogen) atoms. The van der Waals surface area contributed by atoms with Gasteiger partial charge in [0.15, 0.2) is 5.82 Å². The molecule has 0 atom stereocenters. The van der Waals surface area contributed by atoms with E-state index in [1.54, 1.807) is 18.2 Å². The Bertz CT molecular complexity index is 511. The minimum Gasteiger partial charge on any atom is -0.484 e. The van der Waals surface area contributed by atoms with Gasteiger partial charge in [0.2, 0.25) is 0 Å². The molecule has 0 saturated heterocycles. The zero-order valence-electron chi connectivity index (χ0n) is 9.15. The van der Waals surface area contributed by atoms with Gasteiger partial charge in [-0.05, 0) is 25.1 Å². The number of benzene rings is 1. The SMILES string of the molecule is Cc1cc(Cl)nc(COc2ccccc2Cl)n1. The number of aryl methyl sites for hydroxylation is 1. The van der Waals surface area contributed by atoms with E-state index in [0.29, 0.717) is 21.7 Å². The average molecular weight is 269 g/mol. The molecular weight excluding hydrogens is 259 g/mol. The van der Waals surface area contributed by atoms with Crippen LogP contribution in [-0.4, -0.2) is 9.97 Å². The fourth-order valence-electron chi connectivity index (χ4n) is 1.36. The molecule has 2 aromatic rings. The normalized spacial score (nSPS) is 10.3. The number of hydrogen-bond acceptors (Lipinski definition) is 3. The van der Waals surface area contributed by atoms with Crippen LogP contribution in [0.15, 0.2) is 30.3 Å². The van der Waals surface area contributed by atoms with Gasteiger partial charge in [0.1, 0.15) is 17.5 Å². The van der Waals surface area contributed by atoms with Crippen LogP contribution in [0.5, 0.6) is 5.75 Å². The number of ether oxygens (including phenoxy) is 1. The molecule has 88 valence electrons. The molecule has 0 radical (unpaired) electrons. The fraction of sp³-hybridized carbons (Fsp3) is 0.167. The van der Waals surface area contributed by atoms with Crippen LogP contribution in [0, 0.1) is 6.92 Å². The molecule has 0 aliphatic heterocycles. The molecule has 2 rings (SSSR count). The van der Waals surface area contributed by atoms with Crippen LogP contribution in [0.4, 0.5) is 0 Å². The second kappa shape index (κ2) is 5.34. The summed E-state index contributed by atoms with van der Waals surface area (Å²) < 4.78 is 5.52. The van der Waals surface area contributed by atoms with Gasteiger partial charge in [-0.2, -0.15) is 0 Å². The summed E-state index contributed by atoms with van der Waals surface area (Å²) in [6.07, 6.45) is 0. The van der Waals surface area contributed by atoms with Crippen molar-refractivity contribution in [3.8, 4) is 5.75 Å². The Morgan fingerprint density at radius 2 is 1.94 bits per heavy atom. The molecule has 0 spiro atoms. The highest BCUT2D eigenvalue weighted by Gasteiger charge is 2.04. The summed E-state index contributed by atoms with van der Waals surface area (Å²) in [6, 6.07) is 8.95. The number of halogens is 2. The second-order valence-corrected chi connectivity index (χ2v) is 4.26. The molecule has 0 amide bonds. The summed E-state index contributed by atoms with van der Waals surface area (Å²) in [6.45, 7) is 2.09. The molecule has 1 aromatic carbocycles. The third-order valence-electron chi connectivity index (χ3n) is 2.06. The summed E-state index contributed by atoms with van der Waals surface area (Å²) in [4.78, 5) is 8.28. The molecule has 0 aliphatic carbocycles. The average Bonchev–Trinajstić information content (AvgIpc) is 2.27. The van der Waals surface area contributed by atoms with Gasteiger partial charge < -0.3 is 4.74 Å². The predicted octanol–water partition coefficient (Wildman–Crippen LogP) is 3.67. The summed E-state index contributed by atoms with van der Waals surface area (Å²) in [5, 5.41) is 0.974. The highest BCUT2D eigenvalue weighted by atomic mass is 35.5. The van der Waals surface area contributed by atoms with E-state index in [0.717, 1.165) is 5.69 Å². The maximum Gasteiger partial charge on any atom is 0.167 e. The molecule has 1 aromatic heterocycles. The van der Waals surface area contributed by atoms with E-state index in [2.05, 4.69) is 9.97 Å². The largest absolute Gasteiger partial charge is 0.484 e. The maximum atomic E-state index is 5.96. The first-order valence-corrected chi connectivity index (χ1v) is 5.78. The van der Waals surface area contributed by atoms with Crippen LogP contribution < -0.4 is 4.74 Å². The Balaban J connectivity index is 2.10. The Labute approximate surface area is 109 Å². The Morgan fingerprint density at radius 3 is 2.65 bits per heavy atom. The topological polar surface area (TPSA) is 35.0 Å². The van der Waals surface area contributed by atoms with E-state index in [9.17, 15) is 0 Å². The van der Waals surface area contributed by atoms with E-state index in [1.165, 1.54) is 0 Å². The predicted molar refractivity (Wildman–Crippen MR) is 67.6 cm³/mol. The lowest BCUT2D eigenvalue weighted by Gasteiger charge is -2.07. The molecule has 0 saturated carbocycles. The molecule has 0 bridgehead atoms. The fourth-order valence-corrected chi connectivity index (χ4v) is 1.80. The first-order valence-electron chi connectivity index (χ1n) is 5.02. The van der Waals surface area contributed by atoms with Crippen molar-refractivity contribution in [2.75, 3.05) is 0 Å². The van der Waals surface area contributed by atoms with Crippen LogP contribution in [0.1, 0.15) is 11.5 Å². The number of para-hydroxylation sites is 1. The standard InChI is InChI=1S/C12H10Cl2N2O/c1-8-6-11(14)16-12(15-8)7-17-10-5-3-2-4-9(10)13/h2-6H,7H2,1H3. The Hall–Kier alpha value is -1.32.